The van der Waals surface area contributed by atoms with Crippen LogP contribution in [-0.2, 0) is 4.79 Å². The highest BCUT2D eigenvalue weighted by Crippen LogP contribution is 2.22. The Balaban J connectivity index is 2.94. The molecule has 0 heterocycles. The second-order valence-corrected chi connectivity index (χ2v) is 4.18. The summed E-state index contributed by atoms with van der Waals surface area (Å²) in [5.74, 6) is 4.08. The number of hydrogen-bond acceptors (Lipinski definition) is 3. The molecule has 0 spiro atoms. The first-order valence-electron chi connectivity index (χ1n) is 5.39. The van der Waals surface area contributed by atoms with Crippen molar-refractivity contribution in [3.05, 3.63) is 29.6 Å². The van der Waals surface area contributed by atoms with Crippen LogP contribution in [0.1, 0.15) is 19.4 Å². The highest BCUT2D eigenvalue weighted by molar-refractivity contribution is 5.80. The minimum Gasteiger partial charge on any atom is -0.477 e. The summed E-state index contributed by atoms with van der Waals surface area (Å²) in [6.07, 6.45) is -0.809. The van der Waals surface area contributed by atoms with Gasteiger partial charge < -0.3 is 4.74 Å². The molecule has 0 aliphatic rings. The Morgan fingerprint density at radius 3 is 2.65 bits per heavy atom. The Bertz CT molecular complexity index is 407. The van der Waals surface area contributed by atoms with Crippen molar-refractivity contribution in [3.8, 4) is 5.75 Å². The van der Waals surface area contributed by atoms with Crippen LogP contribution in [0.2, 0.25) is 0 Å². The number of carbonyl (C=O) groups is 1. The van der Waals surface area contributed by atoms with Crippen LogP contribution >= 0.6 is 0 Å². The number of hydrogen-bond donors (Lipinski definition) is 2. The van der Waals surface area contributed by atoms with E-state index in [1.54, 1.807) is 32.9 Å². The Hall–Kier alpha value is -1.62. The minimum atomic E-state index is -0.809. The first-order chi connectivity index (χ1) is 7.97. The van der Waals surface area contributed by atoms with Gasteiger partial charge in [-0.15, -0.1) is 0 Å². The molecule has 0 radical (unpaired) electrons. The first-order valence-corrected chi connectivity index (χ1v) is 5.39. The molecule has 94 valence electrons. The molecule has 5 heteroatoms. The smallest absolute Gasteiger partial charge is 0.275 e. The summed E-state index contributed by atoms with van der Waals surface area (Å²) in [6.45, 7) is 5.23. The van der Waals surface area contributed by atoms with Gasteiger partial charge in [0.05, 0.1) is 0 Å². The third-order valence-corrected chi connectivity index (χ3v) is 2.42. The molecule has 0 aliphatic heterocycles. The lowest BCUT2D eigenvalue weighted by Crippen LogP contribution is -2.44. The summed E-state index contributed by atoms with van der Waals surface area (Å²) in [6, 6.07) is 4.79. The molecule has 3 N–H and O–H groups in total. The maximum Gasteiger partial charge on any atom is 0.275 e. The first kappa shape index (κ1) is 13.4. The number of nitrogens with one attached hydrogen (secondary N) is 1. The van der Waals surface area contributed by atoms with Crippen LogP contribution in [0, 0.1) is 18.7 Å². The van der Waals surface area contributed by atoms with Gasteiger partial charge in [0.15, 0.2) is 17.7 Å². The van der Waals surface area contributed by atoms with E-state index in [1.807, 2.05) is 5.43 Å². The minimum absolute atomic E-state index is 0.0623. The fourth-order valence-corrected chi connectivity index (χ4v) is 1.42. The number of benzene rings is 1. The van der Waals surface area contributed by atoms with Crippen molar-refractivity contribution >= 4 is 5.91 Å². The average Bonchev–Trinajstić information content (AvgIpc) is 2.29. The van der Waals surface area contributed by atoms with Gasteiger partial charge in [0.1, 0.15) is 0 Å². The quantitative estimate of drug-likeness (QED) is 0.476. The largest absolute Gasteiger partial charge is 0.477 e. The molecule has 1 rings (SSSR count). The molecule has 1 aromatic carbocycles. The third-order valence-electron chi connectivity index (χ3n) is 2.42. The van der Waals surface area contributed by atoms with Crippen molar-refractivity contribution in [2.75, 3.05) is 0 Å². The Kier molecular flexibility index (Phi) is 4.45. The summed E-state index contributed by atoms with van der Waals surface area (Å²) >= 11 is 0. The zero-order valence-corrected chi connectivity index (χ0v) is 10.2. The molecule has 1 atom stereocenters. The van der Waals surface area contributed by atoms with E-state index >= 15 is 0 Å². The van der Waals surface area contributed by atoms with Crippen LogP contribution in [0.15, 0.2) is 18.2 Å². The maximum atomic E-state index is 13.7. The van der Waals surface area contributed by atoms with E-state index in [2.05, 4.69) is 0 Å². The number of ether oxygens (including phenoxy) is 1. The Labute approximate surface area is 99.9 Å². The SMILES string of the molecule is Cc1cccc(OC(C(=O)NN)C(C)C)c1F. The molecule has 0 bridgehead atoms. The number of amides is 1. The van der Waals surface area contributed by atoms with Gasteiger partial charge in [0, 0.05) is 0 Å². The van der Waals surface area contributed by atoms with Crippen molar-refractivity contribution < 1.29 is 13.9 Å². The normalized spacial score (nSPS) is 12.4. The second kappa shape index (κ2) is 5.63. The van der Waals surface area contributed by atoms with Gasteiger partial charge in [-0.3, -0.25) is 10.2 Å². The van der Waals surface area contributed by atoms with Crippen LogP contribution < -0.4 is 16.0 Å². The van der Waals surface area contributed by atoms with Crippen LogP contribution in [0.5, 0.6) is 5.75 Å². The van der Waals surface area contributed by atoms with Crippen molar-refractivity contribution in [2.24, 2.45) is 11.8 Å². The predicted molar refractivity (Wildman–Crippen MR) is 62.7 cm³/mol. The summed E-state index contributed by atoms with van der Waals surface area (Å²) in [5.41, 5.74) is 2.48. The van der Waals surface area contributed by atoms with Gasteiger partial charge in [-0.2, -0.15) is 0 Å². The molecule has 0 fully saturated rings. The van der Waals surface area contributed by atoms with Crippen LogP contribution in [-0.4, -0.2) is 12.0 Å². The van der Waals surface area contributed by atoms with E-state index in [4.69, 9.17) is 10.6 Å². The second-order valence-electron chi connectivity index (χ2n) is 4.18. The van der Waals surface area contributed by atoms with Crippen molar-refractivity contribution in [1.82, 2.24) is 5.43 Å². The van der Waals surface area contributed by atoms with Gasteiger partial charge in [0.2, 0.25) is 0 Å². The Morgan fingerprint density at radius 1 is 1.47 bits per heavy atom. The van der Waals surface area contributed by atoms with Crippen molar-refractivity contribution in [1.29, 1.82) is 0 Å². The summed E-state index contributed by atoms with van der Waals surface area (Å²) in [5, 5.41) is 0. The Morgan fingerprint density at radius 2 is 2.12 bits per heavy atom. The molecule has 0 aromatic heterocycles. The molecule has 17 heavy (non-hydrogen) atoms. The van der Waals surface area contributed by atoms with Gasteiger partial charge in [-0.25, -0.2) is 10.2 Å². The number of nitrogens with two attached hydrogens (primary N) is 1. The maximum absolute atomic E-state index is 13.7. The molecule has 1 amide bonds. The zero-order chi connectivity index (χ0) is 13.0. The molecule has 0 saturated heterocycles. The molecule has 0 aliphatic carbocycles. The van der Waals surface area contributed by atoms with Crippen LogP contribution in [0.25, 0.3) is 0 Å². The van der Waals surface area contributed by atoms with E-state index < -0.39 is 17.8 Å². The number of halogens is 1. The summed E-state index contributed by atoms with van der Waals surface area (Å²) < 4.78 is 19.1. The molecule has 1 aromatic rings. The lowest BCUT2D eigenvalue weighted by molar-refractivity contribution is -0.129. The summed E-state index contributed by atoms with van der Waals surface area (Å²) in [4.78, 5) is 11.5. The van der Waals surface area contributed by atoms with Crippen molar-refractivity contribution in [3.63, 3.8) is 0 Å². The van der Waals surface area contributed by atoms with Gasteiger partial charge >= 0.3 is 0 Å². The highest BCUT2D eigenvalue weighted by atomic mass is 19.1. The number of aryl methyl sites for hydroxylation is 1. The molecule has 0 saturated carbocycles. The van der Waals surface area contributed by atoms with Gasteiger partial charge in [0.25, 0.3) is 5.91 Å². The monoisotopic (exact) mass is 240 g/mol. The van der Waals surface area contributed by atoms with E-state index in [1.165, 1.54) is 6.07 Å². The standard InChI is InChI=1S/C12H17FN2O2/c1-7(2)11(12(16)15-14)17-9-6-4-5-8(3)10(9)13/h4-7,11H,14H2,1-3H3,(H,15,16). The molecule has 1 unspecified atom stereocenters. The van der Waals surface area contributed by atoms with Crippen LogP contribution in [0.3, 0.4) is 0 Å². The van der Waals surface area contributed by atoms with Crippen molar-refractivity contribution in [2.45, 2.75) is 26.9 Å². The molecule has 4 nitrogen and oxygen atoms in total. The number of hydrazine groups is 1. The summed E-state index contributed by atoms with van der Waals surface area (Å²) in [7, 11) is 0. The fourth-order valence-electron chi connectivity index (χ4n) is 1.42. The van der Waals surface area contributed by atoms with Gasteiger partial charge in [-0.1, -0.05) is 26.0 Å². The fraction of sp³-hybridized carbons (Fsp3) is 0.417. The number of rotatable bonds is 4. The lowest BCUT2D eigenvalue weighted by Gasteiger charge is -2.21. The third kappa shape index (κ3) is 3.17. The number of carbonyl (C=O) groups excluding carboxylic acids is 1. The molecular weight excluding hydrogens is 223 g/mol. The predicted octanol–water partition coefficient (Wildman–Crippen LogP) is 1.53. The lowest BCUT2D eigenvalue weighted by atomic mass is 10.1. The average molecular weight is 240 g/mol. The van der Waals surface area contributed by atoms with Gasteiger partial charge in [-0.05, 0) is 24.5 Å². The highest BCUT2D eigenvalue weighted by Gasteiger charge is 2.24. The zero-order valence-electron chi connectivity index (χ0n) is 10.2. The van der Waals surface area contributed by atoms with E-state index in [0.29, 0.717) is 5.56 Å². The van der Waals surface area contributed by atoms with E-state index in [9.17, 15) is 9.18 Å². The van der Waals surface area contributed by atoms with Crippen LogP contribution in [0.4, 0.5) is 4.39 Å². The molecular formula is C12H17FN2O2. The topological polar surface area (TPSA) is 64.3 Å². The van der Waals surface area contributed by atoms with E-state index in [-0.39, 0.29) is 11.7 Å². The van der Waals surface area contributed by atoms with E-state index in [0.717, 1.165) is 0 Å².